The van der Waals surface area contributed by atoms with Gasteiger partial charge in [0.1, 0.15) is 6.54 Å². The Hall–Kier alpha value is -2.54. The molecule has 1 amide bonds. The van der Waals surface area contributed by atoms with E-state index in [2.05, 4.69) is 31.2 Å². The summed E-state index contributed by atoms with van der Waals surface area (Å²) in [6, 6.07) is 8.92. The van der Waals surface area contributed by atoms with Gasteiger partial charge < -0.3 is 5.32 Å². The van der Waals surface area contributed by atoms with Crippen molar-refractivity contribution in [3.63, 3.8) is 0 Å². The van der Waals surface area contributed by atoms with Crippen molar-refractivity contribution in [2.75, 3.05) is 0 Å². The molecule has 0 radical (unpaired) electrons. The Kier molecular flexibility index (Phi) is 4.47. The second-order valence-corrected chi connectivity index (χ2v) is 5.89. The predicted molar refractivity (Wildman–Crippen MR) is 89.8 cm³/mol. The molecule has 0 atom stereocenters. The number of pyridine rings is 1. The van der Waals surface area contributed by atoms with Gasteiger partial charge in [0.25, 0.3) is 5.56 Å². The average molecular weight is 373 g/mol. The molecular formula is C16H13BrN4O2. The van der Waals surface area contributed by atoms with E-state index in [0.29, 0.717) is 17.4 Å². The lowest BCUT2D eigenvalue weighted by atomic mass is 10.2. The summed E-state index contributed by atoms with van der Waals surface area (Å²) in [7, 11) is 0. The summed E-state index contributed by atoms with van der Waals surface area (Å²) in [5, 5.41) is 3.25. The number of amides is 1. The number of nitrogens with zero attached hydrogens (tertiary/aromatic N) is 3. The van der Waals surface area contributed by atoms with Gasteiger partial charge in [-0.2, -0.15) is 0 Å². The van der Waals surface area contributed by atoms with E-state index in [4.69, 9.17) is 0 Å². The first-order valence-electron chi connectivity index (χ1n) is 6.94. The number of carbonyl (C=O) groups is 1. The number of rotatable bonds is 4. The second-order valence-electron chi connectivity index (χ2n) is 4.97. The number of aromatic nitrogens is 3. The zero-order valence-corrected chi connectivity index (χ0v) is 13.7. The van der Waals surface area contributed by atoms with Crippen molar-refractivity contribution in [3.8, 4) is 0 Å². The van der Waals surface area contributed by atoms with Gasteiger partial charge >= 0.3 is 0 Å². The highest BCUT2D eigenvalue weighted by Crippen LogP contribution is 2.14. The van der Waals surface area contributed by atoms with E-state index in [0.717, 1.165) is 10.0 Å². The molecule has 23 heavy (non-hydrogen) atoms. The van der Waals surface area contributed by atoms with Crippen LogP contribution in [0.2, 0.25) is 0 Å². The van der Waals surface area contributed by atoms with Crippen molar-refractivity contribution >= 4 is 32.7 Å². The van der Waals surface area contributed by atoms with Crippen LogP contribution in [-0.4, -0.2) is 20.4 Å². The monoisotopic (exact) mass is 372 g/mol. The summed E-state index contributed by atoms with van der Waals surface area (Å²) in [5.74, 6) is -0.250. The molecule has 0 saturated heterocycles. The SMILES string of the molecule is O=C(Cn1cnc2ccc(Br)cc2c1=O)NCc1ccncc1. The van der Waals surface area contributed by atoms with Gasteiger partial charge in [0.2, 0.25) is 5.91 Å². The van der Waals surface area contributed by atoms with Gasteiger partial charge in [0.15, 0.2) is 0 Å². The lowest BCUT2D eigenvalue weighted by Gasteiger charge is -2.08. The number of hydrogen-bond donors (Lipinski definition) is 1. The first-order chi connectivity index (χ1) is 11.1. The molecule has 2 heterocycles. The fourth-order valence-corrected chi connectivity index (χ4v) is 2.52. The van der Waals surface area contributed by atoms with Crippen LogP contribution in [0.3, 0.4) is 0 Å². The number of nitrogens with one attached hydrogen (secondary N) is 1. The van der Waals surface area contributed by atoms with Crippen molar-refractivity contribution in [2.45, 2.75) is 13.1 Å². The number of halogens is 1. The minimum Gasteiger partial charge on any atom is -0.350 e. The van der Waals surface area contributed by atoms with Crippen LogP contribution in [0.4, 0.5) is 0 Å². The quantitative estimate of drug-likeness (QED) is 0.758. The maximum absolute atomic E-state index is 12.4. The maximum atomic E-state index is 12.4. The van der Waals surface area contributed by atoms with Crippen LogP contribution in [0.15, 0.2) is 58.3 Å². The summed E-state index contributed by atoms with van der Waals surface area (Å²) in [5.41, 5.74) is 1.31. The van der Waals surface area contributed by atoms with Crippen LogP contribution in [0.25, 0.3) is 10.9 Å². The molecule has 0 unspecified atom stereocenters. The molecule has 0 aliphatic heterocycles. The van der Waals surface area contributed by atoms with Gasteiger partial charge in [-0.1, -0.05) is 15.9 Å². The summed E-state index contributed by atoms with van der Waals surface area (Å²) < 4.78 is 2.10. The minimum atomic E-state index is -0.250. The van der Waals surface area contributed by atoms with E-state index in [9.17, 15) is 9.59 Å². The van der Waals surface area contributed by atoms with Crippen LogP contribution in [0.5, 0.6) is 0 Å². The van der Waals surface area contributed by atoms with Gasteiger partial charge in [0.05, 0.1) is 17.2 Å². The molecule has 3 aromatic rings. The van der Waals surface area contributed by atoms with Gasteiger partial charge in [0, 0.05) is 23.4 Å². The number of carbonyl (C=O) groups excluding carboxylic acids is 1. The molecule has 3 rings (SSSR count). The van der Waals surface area contributed by atoms with Crippen molar-refractivity contribution < 1.29 is 4.79 Å². The standard InChI is InChI=1S/C16H13BrN4O2/c17-12-1-2-14-13(7-12)16(23)21(10-20-14)9-15(22)19-8-11-3-5-18-6-4-11/h1-7,10H,8-9H2,(H,19,22). The minimum absolute atomic E-state index is 0.0701. The van der Waals surface area contributed by atoms with E-state index in [1.165, 1.54) is 10.9 Å². The van der Waals surface area contributed by atoms with E-state index < -0.39 is 0 Å². The summed E-state index contributed by atoms with van der Waals surface area (Å²) in [4.78, 5) is 32.5. The average Bonchev–Trinajstić information content (AvgIpc) is 2.57. The first-order valence-corrected chi connectivity index (χ1v) is 7.73. The molecule has 0 bridgehead atoms. The molecule has 0 fully saturated rings. The largest absolute Gasteiger partial charge is 0.350 e. The van der Waals surface area contributed by atoms with Crippen molar-refractivity contribution in [3.05, 3.63) is 69.4 Å². The van der Waals surface area contributed by atoms with Gasteiger partial charge in [-0.05, 0) is 35.9 Å². The highest BCUT2D eigenvalue weighted by Gasteiger charge is 2.08. The van der Waals surface area contributed by atoms with Crippen LogP contribution in [-0.2, 0) is 17.9 Å². The number of fused-ring (bicyclic) bond motifs is 1. The highest BCUT2D eigenvalue weighted by atomic mass is 79.9. The normalized spacial score (nSPS) is 10.7. The lowest BCUT2D eigenvalue weighted by molar-refractivity contribution is -0.121. The van der Waals surface area contributed by atoms with E-state index in [1.807, 2.05) is 18.2 Å². The van der Waals surface area contributed by atoms with Crippen LogP contribution >= 0.6 is 15.9 Å². The van der Waals surface area contributed by atoms with E-state index in [1.54, 1.807) is 24.5 Å². The molecule has 116 valence electrons. The van der Waals surface area contributed by atoms with Crippen molar-refractivity contribution in [2.24, 2.45) is 0 Å². The van der Waals surface area contributed by atoms with Crippen LogP contribution < -0.4 is 10.9 Å². The predicted octanol–water partition coefficient (Wildman–Crippen LogP) is 1.87. The smallest absolute Gasteiger partial charge is 0.261 e. The van der Waals surface area contributed by atoms with Crippen molar-refractivity contribution in [1.29, 1.82) is 0 Å². The van der Waals surface area contributed by atoms with E-state index >= 15 is 0 Å². The molecular weight excluding hydrogens is 360 g/mol. The molecule has 0 saturated carbocycles. The zero-order chi connectivity index (χ0) is 16.2. The third-order valence-corrected chi connectivity index (χ3v) is 3.83. The van der Waals surface area contributed by atoms with Gasteiger partial charge in [-0.25, -0.2) is 4.98 Å². The van der Waals surface area contributed by atoms with Gasteiger partial charge in [-0.3, -0.25) is 19.1 Å². The van der Waals surface area contributed by atoms with Gasteiger partial charge in [-0.15, -0.1) is 0 Å². The number of benzene rings is 1. The first kappa shape index (κ1) is 15.4. The Labute approximate surface area is 140 Å². The third-order valence-electron chi connectivity index (χ3n) is 3.34. The topological polar surface area (TPSA) is 76.9 Å². The summed E-state index contributed by atoms with van der Waals surface area (Å²) in [6.45, 7) is 0.321. The Bertz CT molecular complexity index is 909. The highest BCUT2D eigenvalue weighted by molar-refractivity contribution is 9.10. The molecule has 0 spiro atoms. The summed E-state index contributed by atoms with van der Waals surface area (Å²) in [6.07, 6.45) is 4.72. The molecule has 0 aliphatic rings. The van der Waals surface area contributed by atoms with Crippen LogP contribution in [0.1, 0.15) is 5.56 Å². The second kappa shape index (κ2) is 6.70. The third kappa shape index (κ3) is 3.62. The van der Waals surface area contributed by atoms with E-state index in [-0.39, 0.29) is 18.0 Å². The molecule has 2 aromatic heterocycles. The molecule has 7 heteroatoms. The fraction of sp³-hybridized carbons (Fsp3) is 0.125. The lowest BCUT2D eigenvalue weighted by Crippen LogP contribution is -2.32. The summed E-state index contributed by atoms with van der Waals surface area (Å²) >= 11 is 3.33. The molecule has 1 aromatic carbocycles. The molecule has 6 nitrogen and oxygen atoms in total. The Morgan fingerprint density at radius 2 is 2.00 bits per heavy atom. The fourth-order valence-electron chi connectivity index (χ4n) is 2.16. The molecule has 1 N–H and O–H groups in total. The Balaban J connectivity index is 1.75. The van der Waals surface area contributed by atoms with Crippen LogP contribution in [0, 0.1) is 0 Å². The Morgan fingerprint density at radius 1 is 1.22 bits per heavy atom. The maximum Gasteiger partial charge on any atom is 0.261 e. The van der Waals surface area contributed by atoms with Crippen molar-refractivity contribution in [1.82, 2.24) is 19.9 Å². The Morgan fingerprint density at radius 3 is 2.78 bits per heavy atom. The molecule has 0 aliphatic carbocycles. The zero-order valence-electron chi connectivity index (χ0n) is 12.1. The number of hydrogen-bond acceptors (Lipinski definition) is 4.